The van der Waals surface area contributed by atoms with E-state index in [0.717, 1.165) is 12.1 Å². The minimum absolute atomic E-state index is 0.119. The standard InChI is InChI=1S/C15H14F3N3O2/c16-15(17,18)12-1-3-13(4-2-12)20-10-11(9-19)14(22)21-5-7-23-8-6-21/h1-4,10,20H,5-8H2/b11-10-. The molecule has 0 saturated carbocycles. The lowest BCUT2D eigenvalue weighted by Crippen LogP contribution is -2.41. The lowest BCUT2D eigenvalue weighted by Gasteiger charge is -2.26. The molecule has 1 aromatic carbocycles. The molecular formula is C15H14F3N3O2. The second kappa shape index (κ2) is 7.15. The quantitative estimate of drug-likeness (QED) is 0.684. The number of anilines is 1. The molecule has 0 radical (unpaired) electrons. The molecule has 122 valence electrons. The van der Waals surface area contributed by atoms with Gasteiger partial charge in [-0.05, 0) is 24.3 Å². The van der Waals surface area contributed by atoms with Crippen LogP contribution in [0.2, 0.25) is 0 Å². The molecule has 23 heavy (non-hydrogen) atoms. The maximum Gasteiger partial charge on any atom is 0.416 e. The van der Waals surface area contributed by atoms with Gasteiger partial charge in [0.05, 0.1) is 18.8 Å². The number of halogens is 3. The number of carbonyl (C=O) groups excluding carboxylic acids is 1. The molecule has 5 nitrogen and oxygen atoms in total. The molecule has 0 unspecified atom stereocenters. The van der Waals surface area contributed by atoms with Crippen LogP contribution in [0.4, 0.5) is 18.9 Å². The fourth-order valence-corrected chi connectivity index (χ4v) is 1.99. The number of hydrogen-bond acceptors (Lipinski definition) is 4. The molecule has 1 heterocycles. The smallest absolute Gasteiger partial charge is 0.378 e. The van der Waals surface area contributed by atoms with Crippen molar-refractivity contribution in [2.75, 3.05) is 31.6 Å². The van der Waals surface area contributed by atoms with E-state index in [2.05, 4.69) is 5.32 Å². The predicted octanol–water partition coefficient (Wildman–Crippen LogP) is 2.38. The summed E-state index contributed by atoms with van der Waals surface area (Å²) < 4.78 is 42.5. The second-order valence-corrected chi connectivity index (χ2v) is 4.79. The van der Waals surface area contributed by atoms with Crippen molar-refractivity contribution in [1.82, 2.24) is 4.90 Å². The Bertz CT molecular complexity index is 627. The van der Waals surface area contributed by atoms with E-state index in [1.165, 1.54) is 23.2 Å². The van der Waals surface area contributed by atoms with Gasteiger partial charge in [0.25, 0.3) is 5.91 Å². The molecular weight excluding hydrogens is 311 g/mol. The van der Waals surface area contributed by atoms with Crippen LogP contribution in [0.25, 0.3) is 0 Å². The van der Waals surface area contributed by atoms with Gasteiger partial charge in [0.15, 0.2) is 0 Å². The van der Waals surface area contributed by atoms with Gasteiger partial charge in [0.1, 0.15) is 11.6 Å². The van der Waals surface area contributed by atoms with Gasteiger partial charge in [-0.15, -0.1) is 0 Å². The Kier molecular flexibility index (Phi) is 5.24. The highest BCUT2D eigenvalue weighted by molar-refractivity contribution is 5.97. The van der Waals surface area contributed by atoms with Crippen molar-refractivity contribution in [1.29, 1.82) is 5.26 Å². The van der Waals surface area contributed by atoms with Crippen LogP contribution in [0.5, 0.6) is 0 Å². The molecule has 1 saturated heterocycles. The van der Waals surface area contributed by atoms with Gasteiger partial charge in [-0.3, -0.25) is 4.79 Å². The number of ether oxygens (including phenoxy) is 1. The van der Waals surface area contributed by atoms with Crippen molar-refractivity contribution in [3.63, 3.8) is 0 Å². The van der Waals surface area contributed by atoms with Crippen molar-refractivity contribution < 1.29 is 22.7 Å². The third kappa shape index (κ3) is 4.47. The highest BCUT2D eigenvalue weighted by Crippen LogP contribution is 2.29. The van der Waals surface area contributed by atoms with Gasteiger partial charge in [0, 0.05) is 25.0 Å². The fraction of sp³-hybridized carbons (Fsp3) is 0.333. The summed E-state index contributed by atoms with van der Waals surface area (Å²) in [6.07, 6.45) is -3.21. The van der Waals surface area contributed by atoms with Crippen LogP contribution in [-0.2, 0) is 15.7 Å². The number of nitrogens with one attached hydrogen (secondary N) is 1. The molecule has 1 aliphatic rings. The number of nitriles is 1. The molecule has 1 aliphatic heterocycles. The van der Waals surface area contributed by atoms with Crippen LogP contribution >= 0.6 is 0 Å². The van der Waals surface area contributed by atoms with E-state index in [0.29, 0.717) is 32.0 Å². The Hall–Kier alpha value is -2.53. The number of benzene rings is 1. The molecule has 0 aromatic heterocycles. The molecule has 1 aromatic rings. The Morgan fingerprint density at radius 1 is 1.26 bits per heavy atom. The molecule has 0 atom stereocenters. The third-order valence-corrected chi connectivity index (χ3v) is 3.24. The monoisotopic (exact) mass is 325 g/mol. The summed E-state index contributed by atoms with van der Waals surface area (Å²) in [4.78, 5) is 13.6. The lowest BCUT2D eigenvalue weighted by atomic mass is 10.2. The summed E-state index contributed by atoms with van der Waals surface area (Å²) >= 11 is 0. The summed E-state index contributed by atoms with van der Waals surface area (Å²) in [5, 5.41) is 11.7. The number of hydrogen-bond donors (Lipinski definition) is 1. The van der Waals surface area contributed by atoms with Crippen molar-refractivity contribution in [3.8, 4) is 6.07 Å². The van der Waals surface area contributed by atoms with Gasteiger partial charge in [0.2, 0.25) is 0 Å². The van der Waals surface area contributed by atoms with Gasteiger partial charge in [-0.25, -0.2) is 0 Å². The normalized spacial score (nSPS) is 15.9. The van der Waals surface area contributed by atoms with Crippen LogP contribution in [-0.4, -0.2) is 37.1 Å². The molecule has 0 bridgehead atoms. The summed E-state index contributed by atoms with van der Waals surface area (Å²) in [5.41, 5.74) is -0.538. The first-order valence-electron chi connectivity index (χ1n) is 6.83. The summed E-state index contributed by atoms with van der Waals surface area (Å²) in [7, 11) is 0. The van der Waals surface area contributed by atoms with E-state index in [4.69, 9.17) is 10.00 Å². The molecule has 8 heteroatoms. The zero-order valence-corrected chi connectivity index (χ0v) is 12.1. The Labute approximate surface area is 130 Å². The minimum Gasteiger partial charge on any atom is -0.378 e. The molecule has 0 spiro atoms. The van der Waals surface area contributed by atoms with Crippen LogP contribution in [0.1, 0.15) is 5.56 Å². The van der Waals surface area contributed by atoms with Crippen LogP contribution in [0.15, 0.2) is 36.0 Å². The number of morpholine rings is 1. The van der Waals surface area contributed by atoms with Crippen molar-refractivity contribution in [2.24, 2.45) is 0 Å². The van der Waals surface area contributed by atoms with Gasteiger partial charge in [-0.2, -0.15) is 18.4 Å². The number of amides is 1. The minimum atomic E-state index is -4.40. The Morgan fingerprint density at radius 2 is 1.87 bits per heavy atom. The zero-order valence-electron chi connectivity index (χ0n) is 12.1. The molecule has 1 fully saturated rings. The second-order valence-electron chi connectivity index (χ2n) is 4.79. The zero-order chi connectivity index (χ0) is 16.9. The van der Waals surface area contributed by atoms with Crippen molar-refractivity contribution >= 4 is 11.6 Å². The van der Waals surface area contributed by atoms with E-state index in [1.807, 2.05) is 0 Å². The summed E-state index contributed by atoms with van der Waals surface area (Å²) in [6, 6.07) is 6.10. The van der Waals surface area contributed by atoms with Gasteiger partial charge in [-0.1, -0.05) is 0 Å². The average molecular weight is 325 g/mol. The topological polar surface area (TPSA) is 65.4 Å². The van der Waals surface area contributed by atoms with Crippen LogP contribution < -0.4 is 5.32 Å². The highest BCUT2D eigenvalue weighted by atomic mass is 19.4. The molecule has 1 amide bonds. The maximum absolute atomic E-state index is 12.5. The van der Waals surface area contributed by atoms with E-state index in [1.54, 1.807) is 6.07 Å². The van der Waals surface area contributed by atoms with Crippen LogP contribution in [0, 0.1) is 11.3 Å². The largest absolute Gasteiger partial charge is 0.416 e. The van der Waals surface area contributed by atoms with Gasteiger partial charge >= 0.3 is 6.18 Å². The van der Waals surface area contributed by atoms with Crippen LogP contribution in [0.3, 0.4) is 0 Å². The SMILES string of the molecule is N#C/C(=C/Nc1ccc(C(F)(F)F)cc1)C(=O)N1CCOCC1. The number of nitrogens with zero attached hydrogens (tertiary/aromatic N) is 2. The molecule has 1 N–H and O–H groups in total. The number of alkyl halides is 3. The van der Waals surface area contributed by atoms with E-state index >= 15 is 0 Å². The van der Waals surface area contributed by atoms with Gasteiger partial charge < -0.3 is 15.0 Å². The lowest BCUT2D eigenvalue weighted by molar-refractivity contribution is -0.137. The van der Waals surface area contributed by atoms with E-state index in [-0.39, 0.29) is 5.57 Å². The fourth-order valence-electron chi connectivity index (χ4n) is 1.99. The Balaban J connectivity index is 2.04. The Morgan fingerprint density at radius 3 is 2.39 bits per heavy atom. The van der Waals surface area contributed by atoms with E-state index in [9.17, 15) is 18.0 Å². The highest BCUT2D eigenvalue weighted by Gasteiger charge is 2.29. The van der Waals surface area contributed by atoms with E-state index < -0.39 is 17.6 Å². The average Bonchev–Trinajstić information content (AvgIpc) is 2.55. The summed E-state index contributed by atoms with van der Waals surface area (Å²) in [6.45, 7) is 1.63. The molecule has 2 rings (SSSR count). The first-order chi connectivity index (χ1) is 10.9. The maximum atomic E-state index is 12.5. The van der Waals surface area contributed by atoms with Crippen molar-refractivity contribution in [3.05, 3.63) is 41.6 Å². The summed E-state index contributed by atoms with van der Waals surface area (Å²) in [5.74, 6) is -0.435. The molecule has 0 aliphatic carbocycles. The third-order valence-electron chi connectivity index (χ3n) is 3.24. The first kappa shape index (κ1) is 16.8. The predicted molar refractivity (Wildman–Crippen MR) is 76.2 cm³/mol. The van der Waals surface area contributed by atoms with Crippen molar-refractivity contribution in [2.45, 2.75) is 6.18 Å². The first-order valence-corrected chi connectivity index (χ1v) is 6.83. The number of rotatable bonds is 3. The number of carbonyl (C=O) groups is 1.